The van der Waals surface area contributed by atoms with Gasteiger partial charge in [0, 0.05) is 24.3 Å². The quantitative estimate of drug-likeness (QED) is 0.434. The van der Waals surface area contributed by atoms with Gasteiger partial charge in [0.25, 0.3) is 0 Å². The average molecular weight is 422 g/mol. The van der Waals surface area contributed by atoms with Crippen molar-refractivity contribution in [3.05, 3.63) is 58.7 Å². The number of aromatic nitrogens is 2. The first-order chi connectivity index (χ1) is 13.5. The minimum atomic E-state index is -1.10. The number of hydrogen-bond donors (Lipinski definition) is 0. The van der Waals surface area contributed by atoms with Gasteiger partial charge in [0.1, 0.15) is 22.6 Å². The number of carbonyl (C=O) groups excluding carboxylic acids is 2. The van der Waals surface area contributed by atoms with E-state index >= 15 is 0 Å². The van der Waals surface area contributed by atoms with Crippen LogP contribution in [-0.4, -0.2) is 39.2 Å². The highest BCUT2D eigenvalue weighted by atomic mass is 35.5. The van der Waals surface area contributed by atoms with E-state index in [-0.39, 0.29) is 21.8 Å². The van der Waals surface area contributed by atoms with Gasteiger partial charge in [-0.3, -0.25) is 0 Å². The highest BCUT2D eigenvalue weighted by molar-refractivity contribution is 6.31. The van der Waals surface area contributed by atoms with Crippen molar-refractivity contribution in [3.63, 3.8) is 0 Å². The number of halogens is 3. The van der Waals surface area contributed by atoms with E-state index in [0.717, 1.165) is 4.52 Å². The van der Waals surface area contributed by atoms with Crippen LogP contribution in [0.5, 0.6) is 0 Å². The van der Waals surface area contributed by atoms with Crippen LogP contribution >= 0.6 is 11.6 Å². The maximum Gasteiger partial charge on any atom is 0.417 e. The van der Waals surface area contributed by atoms with Crippen LogP contribution in [0.25, 0.3) is 16.8 Å². The SMILES string of the molecule is CN(C(=O)OC(=O)c1c(-c2ccc(F)cc2)nn2ccc(Cl)c(F)c12)C(C)(C)C. The van der Waals surface area contributed by atoms with Gasteiger partial charge in [-0.2, -0.15) is 5.10 Å². The molecule has 2 aromatic heterocycles. The lowest BCUT2D eigenvalue weighted by Gasteiger charge is -2.30. The largest absolute Gasteiger partial charge is 0.417 e. The zero-order valence-electron chi connectivity index (χ0n) is 16.2. The number of benzene rings is 1. The molecule has 0 aliphatic rings. The first kappa shape index (κ1) is 20.7. The molecule has 29 heavy (non-hydrogen) atoms. The van der Waals surface area contributed by atoms with Crippen LogP contribution in [0.2, 0.25) is 5.02 Å². The second kappa shape index (κ2) is 7.44. The Kier molecular flexibility index (Phi) is 5.32. The van der Waals surface area contributed by atoms with Crippen molar-refractivity contribution in [2.75, 3.05) is 7.05 Å². The smallest absolute Gasteiger partial charge is 0.372 e. The van der Waals surface area contributed by atoms with E-state index in [1.807, 2.05) is 0 Å². The van der Waals surface area contributed by atoms with E-state index in [4.69, 9.17) is 16.3 Å². The summed E-state index contributed by atoms with van der Waals surface area (Å²) in [4.78, 5) is 26.5. The van der Waals surface area contributed by atoms with Gasteiger partial charge in [-0.1, -0.05) is 11.6 Å². The predicted molar refractivity (Wildman–Crippen MR) is 104 cm³/mol. The second-order valence-electron chi connectivity index (χ2n) is 7.39. The normalized spacial score (nSPS) is 11.6. The number of ether oxygens (including phenoxy) is 1. The molecule has 0 aliphatic carbocycles. The predicted octanol–water partition coefficient (Wildman–Crippen LogP) is 4.94. The van der Waals surface area contributed by atoms with E-state index in [1.165, 1.54) is 48.5 Å². The summed E-state index contributed by atoms with van der Waals surface area (Å²) in [6.45, 7) is 5.28. The van der Waals surface area contributed by atoms with Gasteiger partial charge in [0.05, 0.1) is 5.02 Å². The molecule has 2 heterocycles. The highest BCUT2D eigenvalue weighted by Gasteiger charge is 2.31. The minimum Gasteiger partial charge on any atom is -0.372 e. The van der Waals surface area contributed by atoms with Gasteiger partial charge in [0.15, 0.2) is 5.82 Å². The molecule has 0 radical (unpaired) electrons. The van der Waals surface area contributed by atoms with Crippen LogP contribution in [-0.2, 0) is 4.74 Å². The third-order valence-corrected chi connectivity index (χ3v) is 4.76. The number of amides is 1. The molecular weight excluding hydrogens is 404 g/mol. The molecule has 0 spiro atoms. The van der Waals surface area contributed by atoms with E-state index < -0.39 is 29.2 Å². The molecule has 0 unspecified atom stereocenters. The van der Waals surface area contributed by atoms with Crippen LogP contribution in [0.3, 0.4) is 0 Å². The Morgan fingerprint density at radius 1 is 1.14 bits per heavy atom. The molecule has 0 fully saturated rings. The summed E-state index contributed by atoms with van der Waals surface area (Å²) in [5.74, 6) is -2.47. The van der Waals surface area contributed by atoms with Gasteiger partial charge >= 0.3 is 12.1 Å². The first-order valence-electron chi connectivity index (χ1n) is 8.63. The summed E-state index contributed by atoms with van der Waals surface area (Å²) >= 11 is 5.86. The fraction of sp³-hybridized carbons (Fsp3) is 0.250. The molecule has 6 nitrogen and oxygen atoms in total. The lowest BCUT2D eigenvalue weighted by atomic mass is 10.1. The Morgan fingerprint density at radius 2 is 1.76 bits per heavy atom. The van der Waals surface area contributed by atoms with Crippen LogP contribution in [0.4, 0.5) is 13.6 Å². The molecule has 0 atom stereocenters. The summed E-state index contributed by atoms with van der Waals surface area (Å²) in [7, 11) is 1.48. The monoisotopic (exact) mass is 421 g/mol. The maximum absolute atomic E-state index is 14.7. The van der Waals surface area contributed by atoms with Crippen molar-refractivity contribution in [2.24, 2.45) is 0 Å². The molecule has 0 saturated heterocycles. The average Bonchev–Trinajstić information content (AvgIpc) is 3.04. The fourth-order valence-electron chi connectivity index (χ4n) is 2.55. The molecule has 0 saturated carbocycles. The molecule has 0 N–H and O–H groups in total. The van der Waals surface area contributed by atoms with E-state index in [9.17, 15) is 18.4 Å². The lowest BCUT2D eigenvalue weighted by molar-refractivity contribution is 0.0494. The Bertz CT molecular complexity index is 1100. The van der Waals surface area contributed by atoms with Crippen LogP contribution in [0.1, 0.15) is 31.1 Å². The molecule has 9 heteroatoms. The number of nitrogens with zero attached hydrogens (tertiary/aromatic N) is 3. The number of pyridine rings is 1. The molecule has 0 bridgehead atoms. The second-order valence-corrected chi connectivity index (χ2v) is 7.79. The molecular formula is C20H18ClF2N3O3. The van der Waals surface area contributed by atoms with E-state index in [0.29, 0.717) is 5.56 Å². The van der Waals surface area contributed by atoms with Gasteiger partial charge in [-0.15, -0.1) is 0 Å². The molecule has 0 aliphatic heterocycles. The molecule has 1 aromatic carbocycles. The number of carbonyl (C=O) groups is 2. The van der Waals surface area contributed by atoms with E-state index in [2.05, 4.69) is 5.10 Å². The van der Waals surface area contributed by atoms with Gasteiger partial charge in [0.2, 0.25) is 0 Å². The Morgan fingerprint density at radius 3 is 2.34 bits per heavy atom. The highest BCUT2D eigenvalue weighted by Crippen LogP contribution is 2.31. The molecule has 152 valence electrons. The van der Waals surface area contributed by atoms with Crippen molar-refractivity contribution >= 4 is 29.2 Å². The minimum absolute atomic E-state index is 0.0300. The summed E-state index contributed by atoms with van der Waals surface area (Å²) < 4.78 is 34.2. The maximum atomic E-state index is 14.7. The van der Waals surface area contributed by atoms with Crippen LogP contribution in [0, 0.1) is 11.6 Å². The summed E-state index contributed by atoms with van der Waals surface area (Å²) in [5.41, 5.74) is -0.760. The zero-order chi connectivity index (χ0) is 21.5. The number of fused-ring (bicyclic) bond motifs is 1. The van der Waals surface area contributed by atoms with Crippen LogP contribution in [0.15, 0.2) is 36.5 Å². The third kappa shape index (κ3) is 3.93. The van der Waals surface area contributed by atoms with Crippen LogP contribution < -0.4 is 0 Å². The zero-order valence-corrected chi connectivity index (χ0v) is 16.9. The fourth-order valence-corrected chi connectivity index (χ4v) is 2.70. The molecule has 3 aromatic rings. The van der Waals surface area contributed by atoms with Gasteiger partial charge < -0.3 is 9.64 Å². The van der Waals surface area contributed by atoms with Gasteiger partial charge in [-0.05, 0) is 51.1 Å². The number of rotatable bonds is 2. The third-order valence-electron chi connectivity index (χ3n) is 4.47. The number of hydrogen-bond acceptors (Lipinski definition) is 4. The Labute approximate surface area is 170 Å². The topological polar surface area (TPSA) is 63.9 Å². The summed E-state index contributed by atoms with van der Waals surface area (Å²) in [6.07, 6.45) is 0.461. The Balaban J connectivity index is 2.15. The molecule has 3 rings (SSSR count). The van der Waals surface area contributed by atoms with Crippen molar-refractivity contribution in [1.29, 1.82) is 0 Å². The van der Waals surface area contributed by atoms with Crippen molar-refractivity contribution < 1.29 is 23.1 Å². The summed E-state index contributed by atoms with van der Waals surface area (Å²) in [5, 5.41) is 3.98. The lowest BCUT2D eigenvalue weighted by Crippen LogP contribution is -2.43. The van der Waals surface area contributed by atoms with Crippen molar-refractivity contribution in [1.82, 2.24) is 14.5 Å². The van der Waals surface area contributed by atoms with Crippen molar-refractivity contribution in [3.8, 4) is 11.3 Å². The summed E-state index contributed by atoms with van der Waals surface area (Å²) in [6, 6.07) is 6.40. The molecule has 1 amide bonds. The Hall–Kier alpha value is -3.00. The van der Waals surface area contributed by atoms with Crippen molar-refractivity contribution in [2.45, 2.75) is 26.3 Å². The number of esters is 1. The first-order valence-corrected chi connectivity index (χ1v) is 9.00. The standard InChI is InChI=1S/C20H18ClF2N3O3/c1-20(2,3)25(4)19(28)29-18(27)14-16(11-5-7-12(22)8-6-11)24-26-10-9-13(21)15(23)17(14)26/h5-10H,1-4H3. The van der Waals surface area contributed by atoms with Gasteiger partial charge in [-0.25, -0.2) is 22.9 Å². The van der Waals surface area contributed by atoms with E-state index in [1.54, 1.807) is 20.8 Å².